The number of nitrogens with one attached hydrogen (secondary N) is 2. The van der Waals surface area contributed by atoms with Crippen LogP contribution in [0, 0.1) is 20.8 Å². The first-order valence-corrected chi connectivity index (χ1v) is 9.43. The maximum atomic E-state index is 12.7. The number of H-pyrrole nitrogens is 2. The fourth-order valence-electron chi connectivity index (χ4n) is 3.96. The molecule has 152 valence electrons. The Kier molecular flexibility index (Phi) is 5.29. The van der Waals surface area contributed by atoms with E-state index in [2.05, 4.69) is 15.2 Å². The van der Waals surface area contributed by atoms with Gasteiger partial charge in [0.15, 0.2) is 0 Å². The number of aromatic amines is 2. The molecule has 0 aliphatic carbocycles. The van der Waals surface area contributed by atoms with E-state index >= 15 is 0 Å². The highest BCUT2D eigenvalue weighted by molar-refractivity contribution is 5.76. The maximum absolute atomic E-state index is 12.7. The molecule has 9 nitrogen and oxygen atoms in total. The zero-order chi connectivity index (χ0) is 20.6. The van der Waals surface area contributed by atoms with Gasteiger partial charge in [-0.3, -0.25) is 24.2 Å². The molecule has 3 heterocycles. The van der Waals surface area contributed by atoms with Crippen molar-refractivity contribution >= 4 is 5.91 Å². The molecule has 0 spiro atoms. The number of aromatic nitrogens is 4. The zero-order valence-electron chi connectivity index (χ0n) is 16.7. The second kappa shape index (κ2) is 7.38. The molecular weight excluding hydrogens is 362 g/mol. The molecule has 0 saturated carbocycles. The van der Waals surface area contributed by atoms with Crippen molar-refractivity contribution in [2.75, 3.05) is 13.1 Å². The molecule has 3 rings (SSSR count). The van der Waals surface area contributed by atoms with Crippen LogP contribution in [-0.4, -0.2) is 54.4 Å². The second-order valence-corrected chi connectivity index (χ2v) is 7.87. The summed E-state index contributed by atoms with van der Waals surface area (Å²) < 4.78 is 1.37. The van der Waals surface area contributed by atoms with Crippen LogP contribution in [0.3, 0.4) is 0 Å². The largest absolute Gasteiger partial charge is 0.386 e. The van der Waals surface area contributed by atoms with Crippen molar-refractivity contribution in [1.29, 1.82) is 0 Å². The van der Waals surface area contributed by atoms with Crippen LogP contribution >= 0.6 is 0 Å². The molecule has 28 heavy (non-hydrogen) atoms. The number of hydrogen-bond acceptors (Lipinski definition) is 5. The molecule has 9 heteroatoms. The van der Waals surface area contributed by atoms with E-state index in [4.69, 9.17) is 0 Å². The van der Waals surface area contributed by atoms with Gasteiger partial charge in [0, 0.05) is 30.4 Å². The summed E-state index contributed by atoms with van der Waals surface area (Å²) in [6.45, 7) is 7.64. The summed E-state index contributed by atoms with van der Waals surface area (Å²) >= 11 is 0. The van der Waals surface area contributed by atoms with E-state index in [-0.39, 0.29) is 12.5 Å². The number of rotatable bonds is 4. The fraction of sp³-hybridized carbons (Fsp3) is 0.579. The van der Waals surface area contributed by atoms with E-state index in [1.54, 1.807) is 18.7 Å². The summed E-state index contributed by atoms with van der Waals surface area (Å²) in [6.07, 6.45) is 2.82. The molecule has 1 saturated heterocycles. The Hall–Kier alpha value is -2.68. The van der Waals surface area contributed by atoms with E-state index in [0.717, 1.165) is 17.0 Å². The van der Waals surface area contributed by atoms with E-state index in [0.29, 0.717) is 31.4 Å². The highest BCUT2D eigenvalue weighted by Gasteiger charge is 2.41. The number of carbonyl (C=O) groups is 1. The van der Waals surface area contributed by atoms with Crippen LogP contribution in [0.2, 0.25) is 0 Å². The summed E-state index contributed by atoms with van der Waals surface area (Å²) in [5, 5.41) is 18.0. The van der Waals surface area contributed by atoms with Crippen LogP contribution in [0.1, 0.15) is 48.3 Å². The number of aryl methyl sites for hydroxylation is 3. The van der Waals surface area contributed by atoms with E-state index in [1.165, 1.54) is 10.8 Å². The van der Waals surface area contributed by atoms with Crippen LogP contribution < -0.4 is 11.2 Å². The normalized spacial score (nSPS) is 22.5. The van der Waals surface area contributed by atoms with Gasteiger partial charge < -0.3 is 10.0 Å². The molecular formula is C19H27N5O4. The highest BCUT2D eigenvalue weighted by atomic mass is 16.3. The quantitative estimate of drug-likeness (QED) is 0.696. The highest BCUT2D eigenvalue weighted by Crippen LogP contribution is 2.31. The molecule has 2 atom stereocenters. The first-order chi connectivity index (χ1) is 13.1. The monoisotopic (exact) mass is 389 g/mol. The Morgan fingerprint density at radius 3 is 2.68 bits per heavy atom. The van der Waals surface area contributed by atoms with Gasteiger partial charge in [-0.15, -0.1) is 0 Å². The Bertz CT molecular complexity index is 981. The maximum Gasteiger partial charge on any atom is 0.328 e. The third-order valence-electron chi connectivity index (χ3n) is 5.61. The number of aliphatic hydroxyl groups is 1. The van der Waals surface area contributed by atoms with Crippen molar-refractivity contribution in [3.63, 3.8) is 0 Å². The van der Waals surface area contributed by atoms with Gasteiger partial charge in [-0.1, -0.05) is 0 Å². The first-order valence-electron chi connectivity index (χ1n) is 9.43. The zero-order valence-corrected chi connectivity index (χ0v) is 16.7. The number of likely N-dealkylation sites (tertiary alicyclic amines) is 1. The van der Waals surface area contributed by atoms with Gasteiger partial charge in [0.25, 0.3) is 5.56 Å². The van der Waals surface area contributed by atoms with Crippen LogP contribution in [0.15, 0.2) is 15.8 Å². The molecule has 3 N–H and O–H groups in total. The van der Waals surface area contributed by atoms with Gasteiger partial charge in [0.05, 0.1) is 18.3 Å². The summed E-state index contributed by atoms with van der Waals surface area (Å²) in [6, 6.07) is -0.516. The number of nitrogens with zero attached hydrogens (tertiary/aromatic N) is 3. The lowest BCUT2D eigenvalue weighted by molar-refractivity contribution is -0.140. The smallest absolute Gasteiger partial charge is 0.328 e. The van der Waals surface area contributed by atoms with Crippen LogP contribution in [0.25, 0.3) is 0 Å². The molecule has 1 aliphatic rings. The minimum Gasteiger partial charge on any atom is -0.386 e. The number of carbonyl (C=O) groups excluding carboxylic acids is 1. The summed E-state index contributed by atoms with van der Waals surface area (Å²) in [5.74, 6) is -0.0382. The second-order valence-electron chi connectivity index (χ2n) is 7.87. The topological polar surface area (TPSA) is 124 Å². The van der Waals surface area contributed by atoms with Crippen LogP contribution in [-0.2, 0) is 11.2 Å². The van der Waals surface area contributed by atoms with E-state index in [1.807, 2.05) is 13.8 Å². The fourth-order valence-corrected chi connectivity index (χ4v) is 3.96. The lowest BCUT2D eigenvalue weighted by Gasteiger charge is -2.43. The molecule has 0 bridgehead atoms. The van der Waals surface area contributed by atoms with Crippen molar-refractivity contribution in [2.45, 2.75) is 58.6 Å². The van der Waals surface area contributed by atoms with Crippen LogP contribution in [0.4, 0.5) is 0 Å². The standard InChI is InChI=1S/C19H27N5O4/c1-11-9-24(18(27)20-17(11)26)15-7-8-23(10-19(15,4)28)16(25)6-5-14-12(2)21-22-13(14)3/h9,15,28H,5-8,10H2,1-4H3,(H,21,22)(H,20,26,27)/t15-,19-/m0/s1. The number of amides is 1. The lowest BCUT2D eigenvalue weighted by atomic mass is 9.88. The van der Waals surface area contributed by atoms with Gasteiger partial charge in [-0.2, -0.15) is 5.10 Å². The predicted molar refractivity (Wildman–Crippen MR) is 103 cm³/mol. The minimum absolute atomic E-state index is 0.0382. The number of hydrogen-bond donors (Lipinski definition) is 3. The van der Waals surface area contributed by atoms with Gasteiger partial charge in [-0.25, -0.2) is 4.79 Å². The minimum atomic E-state index is -1.29. The Morgan fingerprint density at radius 2 is 2.07 bits per heavy atom. The Morgan fingerprint density at radius 1 is 1.36 bits per heavy atom. The molecule has 1 fully saturated rings. The Labute approximate surface area is 162 Å². The predicted octanol–water partition coefficient (Wildman–Crippen LogP) is 0.342. The van der Waals surface area contributed by atoms with Gasteiger partial charge in [0.2, 0.25) is 5.91 Å². The molecule has 1 aliphatic heterocycles. The molecule has 1 amide bonds. The molecule has 2 aromatic rings. The summed E-state index contributed by atoms with van der Waals surface area (Å²) in [5.41, 5.74) is 1.03. The number of β-amino-alcohol motifs (C(OH)–C–C–N with tert-alkyl or cyclic N) is 1. The third-order valence-corrected chi connectivity index (χ3v) is 5.61. The molecule has 0 unspecified atom stereocenters. The third kappa shape index (κ3) is 3.80. The molecule has 2 aromatic heterocycles. The van der Waals surface area contributed by atoms with Crippen molar-refractivity contribution in [1.82, 2.24) is 24.6 Å². The van der Waals surface area contributed by atoms with E-state index < -0.39 is 22.9 Å². The SMILES string of the molecule is Cc1n[nH]c(C)c1CCC(=O)N1CC[C@H](n2cc(C)c(=O)[nH]c2=O)[C@@](C)(O)C1. The summed E-state index contributed by atoms with van der Waals surface area (Å²) in [4.78, 5) is 40.4. The van der Waals surface area contributed by atoms with Gasteiger partial charge in [-0.05, 0) is 46.1 Å². The van der Waals surface area contributed by atoms with Crippen molar-refractivity contribution < 1.29 is 9.90 Å². The molecule has 0 aromatic carbocycles. The average molecular weight is 389 g/mol. The van der Waals surface area contributed by atoms with Gasteiger partial charge >= 0.3 is 5.69 Å². The first kappa shape index (κ1) is 20.1. The molecule has 0 radical (unpaired) electrons. The van der Waals surface area contributed by atoms with Gasteiger partial charge in [0.1, 0.15) is 5.60 Å². The average Bonchev–Trinajstić information content (AvgIpc) is 2.93. The van der Waals surface area contributed by atoms with E-state index in [9.17, 15) is 19.5 Å². The Balaban J connectivity index is 1.71. The van der Waals surface area contributed by atoms with Crippen molar-refractivity contribution in [3.05, 3.63) is 49.5 Å². The lowest BCUT2D eigenvalue weighted by Crippen LogP contribution is -2.56. The number of piperidine rings is 1. The van der Waals surface area contributed by atoms with Crippen LogP contribution in [0.5, 0.6) is 0 Å². The summed E-state index contributed by atoms with van der Waals surface area (Å²) in [7, 11) is 0. The van der Waals surface area contributed by atoms with Crippen molar-refractivity contribution in [3.8, 4) is 0 Å². The van der Waals surface area contributed by atoms with Crippen molar-refractivity contribution in [2.24, 2.45) is 0 Å².